The van der Waals surface area contributed by atoms with Gasteiger partial charge in [-0.05, 0) is 39.4 Å². The van der Waals surface area contributed by atoms with E-state index in [1.54, 1.807) is 11.3 Å². The number of thiazole rings is 1. The van der Waals surface area contributed by atoms with Crippen LogP contribution in [0.1, 0.15) is 42.5 Å². The van der Waals surface area contributed by atoms with E-state index in [0.29, 0.717) is 5.92 Å². The molecule has 1 aromatic rings. The highest BCUT2D eigenvalue weighted by molar-refractivity contribution is 7.11. The van der Waals surface area contributed by atoms with E-state index in [0.717, 1.165) is 13.0 Å². The third kappa shape index (κ3) is 3.50. The molecule has 0 aromatic carbocycles. The fraction of sp³-hybridized carbons (Fsp3) is 0.769. The van der Waals surface area contributed by atoms with Crippen molar-refractivity contribution in [2.75, 3.05) is 19.6 Å². The maximum atomic E-state index is 9.36. The van der Waals surface area contributed by atoms with Crippen LogP contribution in [0.4, 0.5) is 0 Å². The van der Waals surface area contributed by atoms with Gasteiger partial charge in [0.2, 0.25) is 0 Å². The Morgan fingerprint density at radius 3 is 2.82 bits per heavy atom. The Hall–Kier alpha value is -0.450. The predicted octanol–water partition coefficient (Wildman–Crippen LogP) is 2.27. The van der Waals surface area contributed by atoms with Gasteiger partial charge in [-0.1, -0.05) is 6.92 Å². The summed E-state index contributed by atoms with van der Waals surface area (Å²) in [6.07, 6.45) is 4.89. The van der Waals surface area contributed by atoms with Gasteiger partial charge in [-0.15, -0.1) is 11.3 Å². The van der Waals surface area contributed by atoms with Gasteiger partial charge in [0.1, 0.15) is 0 Å². The number of likely N-dealkylation sites (tertiary alicyclic amines) is 1. The van der Waals surface area contributed by atoms with E-state index < -0.39 is 0 Å². The van der Waals surface area contributed by atoms with Gasteiger partial charge >= 0.3 is 0 Å². The van der Waals surface area contributed by atoms with E-state index in [4.69, 9.17) is 0 Å². The number of aliphatic hydroxyl groups excluding tert-OH is 1. The third-order valence-electron chi connectivity index (χ3n) is 3.45. The van der Waals surface area contributed by atoms with Crippen LogP contribution in [0.15, 0.2) is 6.20 Å². The van der Waals surface area contributed by atoms with E-state index >= 15 is 0 Å². The summed E-state index contributed by atoms with van der Waals surface area (Å²) in [6, 6.07) is 0. The molecule has 1 N–H and O–H groups in total. The molecule has 0 amide bonds. The van der Waals surface area contributed by atoms with Gasteiger partial charge in [0.05, 0.1) is 11.1 Å². The van der Waals surface area contributed by atoms with E-state index in [2.05, 4.69) is 16.8 Å². The SMILES string of the molecule is CCN1CCC(c2ncc(CC(C)O)s2)CC1. The molecule has 2 heterocycles. The van der Waals surface area contributed by atoms with Crippen LogP contribution in [-0.4, -0.2) is 40.7 Å². The summed E-state index contributed by atoms with van der Waals surface area (Å²) in [4.78, 5) is 8.25. The van der Waals surface area contributed by atoms with Gasteiger partial charge in [-0.25, -0.2) is 4.98 Å². The molecule has 4 heteroatoms. The number of piperidine rings is 1. The van der Waals surface area contributed by atoms with Crippen molar-refractivity contribution in [1.29, 1.82) is 0 Å². The van der Waals surface area contributed by atoms with Gasteiger partial charge in [-0.3, -0.25) is 0 Å². The molecule has 1 aromatic heterocycles. The smallest absolute Gasteiger partial charge is 0.0959 e. The van der Waals surface area contributed by atoms with Crippen LogP contribution in [-0.2, 0) is 6.42 Å². The molecule has 0 radical (unpaired) electrons. The molecule has 0 spiro atoms. The van der Waals surface area contributed by atoms with E-state index in [9.17, 15) is 5.11 Å². The maximum absolute atomic E-state index is 9.36. The first-order chi connectivity index (χ1) is 8.19. The summed E-state index contributed by atoms with van der Waals surface area (Å²) in [5.41, 5.74) is 0. The van der Waals surface area contributed by atoms with Crippen molar-refractivity contribution in [1.82, 2.24) is 9.88 Å². The largest absolute Gasteiger partial charge is 0.393 e. The van der Waals surface area contributed by atoms with Crippen molar-refractivity contribution in [3.63, 3.8) is 0 Å². The number of aliphatic hydroxyl groups is 1. The predicted molar refractivity (Wildman–Crippen MR) is 71.6 cm³/mol. The minimum Gasteiger partial charge on any atom is -0.393 e. The summed E-state index contributed by atoms with van der Waals surface area (Å²) in [6.45, 7) is 7.63. The van der Waals surface area contributed by atoms with Gasteiger partial charge < -0.3 is 10.0 Å². The van der Waals surface area contributed by atoms with Gasteiger partial charge in [0.25, 0.3) is 0 Å². The van der Waals surface area contributed by atoms with Crippen LogP contribution in [0.2, 0.25) is 0 Å². The molecular formula is C13H22N2OS. The van der Waals surface area contributed by atoms with Crippen molar-refractivity contribution in [3.8, 4) is 0 Å². The summed E-state index contributed by atoms with van der Waals surface area (Å²) in [5, 5.41) is 10.6. The second kappa shape index (κ2) is 5.94. The number of aromatic nitrogens is 1. The Bertz CT molecular complexity index is 343. The summed E-state index contributed by atoms with van der Waals surface area (Å²) < 4.78 is 0. The standard InChI is InChI=1S/C13H22N2OS/c1-3-15-6-4-11(5-7-15)13-14-9-12(17-13)8-10(2)16/h9-11,16H,3-8H2,1-2H3. The average molecular weight is 254 g/mol. The molecular weight excluding hydrogens is 232 g/mol. The molecule has 0 bridgehead atoms. The van der Waals surface area contributed by atoms with Crippen LogP contribution in [0.5, 0.6) is 0 Å². The van der Waals surface area contributed by atoms with Crippen molar-refractivity contribution in [2.45, 2.75) is 45.1 Å². The van der Waals surface area contributed by atoms with Gasteiger partial charge in [-0.2, -0.15) is 0 Å². The molecule has 1 fully saturated rings. The van der Waals surface area contributed by atoms with E-state index in [1.807, 2.05) is 13.1 Å². The maximum Gasteiger partial charge on any atom is 0.0959 e. The van der Waals surface area contributed by atoms with Crippen molar-refractivity contribution in [3.05, 3.63) is 16.1 Å². The number of hydrogen-bond donors (Lipinski definition) is 1. The Labute approximate surface area is 107 Å². The summed E-state index contributed by atoms with van der Waals surface area (Å²) >= 11 is 1.79. The molecule has 1 aliphatic rings. The van der Waals surface area contributed by atoms with Gasteiger partial charge in [0, 0.05) is 23.4 Å². The zero-order chi connectivity index (χ0) is 12.3. The Balaban J connectivity index is 1.92. The van der Waals surface area contributed by atoms with Crippen LogP contribution < -0.4 is 0 Å². The van der Waals surface area contributed by atoms with Crippen LogP contribution in [0.25, 0.3) is 0 Å². The second-order valence-electron chi connectivity index (χ2n) is 4.93. The second-order valence-corrected chi connectivity index (χ2v) is 6.07. The first-order valence-corrected chi connectivity index (χ1v) is 7.35. The molecule has 1 aliphatic heterocycles. The highest BCUT2D eigenvalue weighted by atomic mass is 32.1. The fourth-order valence-corrected chi connectivity index (χ4v) is 3.60. The van der Waals surface area contributed by atoms with Crippen molar-refractivity contribution >= 4 is 11.3 Å². The van der Waals surface area contributed by atoms with Crippen LogP contribution in [0.3, 0.4) is 0 Å². The first-order valence-electron chi connectivity index (χ1n) is 6.54. The Morgan fingerprint density at radius 2 is 2.24 bits per heavy atom. The van der Waals surface area contributed by atoms with Crippen molar-refractivity contribution in [2.24, 2.45) is 0 Å². The Morgan fingerprint density at radius 1 is 1.53 bits per heavy atom. The third-order valence-corrected chi connectivity index (χ3v) is 4.63. The lowest BCUT2D eigenvalue weighted by molar-refractivity contribution is 0.196. The monoisotopic (exact) mass is 254 g/mol. The number of hydrogen-bond acceptors (Lipinski definition) is 4. The molecule has 3 nitrogen and oxygen atoms in total. The first kappa shape index (κ1) is 13.0. The fourth-order valence-electron chi connectivity index (χ4n) is 2.39. The zero-order valence-corrected chi connectivity index (χ0v) is 11.5. The molecule has 1 saturated heterocycles. The highest BCUT2D eigenvalue weighted by Gasteiger charge is 2.22. The average Bonchev–Trinajstić information content (AvgIpc) is 2.77. The molecule has 96 valence electrons. The molecule has 2 rings (SSSR count). The topological polar surface area (TPSA) is 36.4 Å². The zero-order valence-electron chi connectivity index (χ0n) is 10.7. The minimum absolute atomic E-state index is 0.259. The summed E-state index contributed by atoms with van der Waals surface area (Å²) in [5.74, 6) is 0.644. The molecule has 0 aliphatic carbocycles. The summed E-state index contributed by atoms with van der Waals surface area (Å²) in [7, 11) is 0. The number of nitrogens with zero attached hydrogens (tertiary/aromatic N) is 2. The van der Waals surface area contributed by atoms with Crippen LogP contribution in [0, 0.1) is 0 Å². The quantitative estimate of drug-likeness (QED) is 0.895. The van der Waals surface area contributed by atoms with Gasteiger partial charge in [0.15, 0.2) is 0 Å². The lowest BCUT2D eigenvalue weighted by Gasteiger charge is -2.29. The lowest BCUT2D eigenvalue weighted by Crippen LogP contribution is -2.32. The normalized spacial score (nSPS) is 20.6. The van der Waals surface area contributed by atoms with Crippen molar-refractivity contribution < 1.29 is 5.11 Å². The number of rotatable bonds is 4. The minimum atomic E-state index is -0.259. The highest BCUT2D eigenvalue weighted by Crippen LogP contribution is 2.31. The molecule has 1 unspecified atom stereocenters. The molecule has 0 saturated carbocycles. The van der Waals surface area contributed by atoms with Crippen LogP contribution >= 0.6 is 11.3 Å². The molecule has 17 heavy (non-hydrogen) atoms. The van der Waals surface area contributed by atoms with E-state index in [1.165, 1.54) is 35.8 Å². The van der Waals surface area contributed by atoms with E-state index in [-0.39, 0.29) is 6.10 Å². The lowest BCUT2D eigenvalue weighted by atomic mass is 9.98. The molecule has 1 atom stereocenters. The Kier molecular flexibility index (Phi) is 4.54.